The Balaban J connectivity index is 1.41. The molecular weight excluding hydrogens is 472 g/mol. The van der Waals surface area contributed by atoms with Gasteiger partial charge in [-0.25, -0.2) is 9.67 Å². The summed E-state index contributed by atoms with van der Waals surface area (Å²) in [5, 5.41) is 7.56. The summed E-state index contributed by atoms with van der Waals surface area (Å²) in [6.07, 6.45) is 3.01. The summed E-state index contributed by atoms with van der Waals surface area (Å²) < 4.78 is 6.17. The van der Waals surface area contributed by atoms with E-state index in [9.17, 15) is 9.59 Å². The fourth-order valence-corrected chi connectivity index (χ4v) is 4.30. The maximum atomic E-state index is 13.0. The number of rotatable bonds is 9. The van der Waals surface area contributed by atoms with E-state index in [1.54, 1.807) is 36.1 Å². The molecule has 2 N–H and O–H groups in total. The van der Waals surface area contributed by atoms with E-state index in [-0.39, 0.29) is 24.6 Å². The number of nitrogens with one attached hydrogen (secondary N) is 2. The van der Waals surface area contributed by atoms with Crippen LogP contribution in [-0.4, -0.2) is 25.2 Å². The number of carbonyl (C=O) groups is 1. The molecule has 0 atom stereocenters. The first-order valence-corrected chi connectivity index (χ1v) is 11.9. The molecule has 2 aromatic heterocycles. The number of hydrogen-bond donors (Lipinski definition) is 2. The quantitative estimate of drug-likeness (QED) is 0.342. The summed E-state index contributed by atoms with van der Waals surface area (Å²) in [7, 11) is 0. The predicted molar refractivity (Wildman–Crippen MR) is 135 cm³/mol. The molecule has 0 bridgehead atoms. The van der Waals surface area contributed by atoms with Gasteiger partial charge in [0.05, 0.1) is 5.69 Å². The Kier molecular flexibility index (Phi) is 7.66. The molecule has 0 radical (unpaired) electrons. The van der Waals surface area contributed by atoms with E-state index in [0.29, 0.717) is 22.2 Å². The molecule has 2 heterocycles. The number of aromatic nitrogens is 4. The standard InChI is InChI=1S/C24H23ClN6O2S/c1-17-7-9-21(29-34-14-18-5-3-2-4-6-18)24(33)30(17)13-23(32)27-12-19-11-20(25)8-10-22(19)31-16-26-15-28-31/h2-11,15-16,29H,12-14H2,1H3,(H,27,32). The molecule has 4 rings (SSSR count). The minimum absolute atomic E-state index is 0.0945. The highest BCUT2D eigenvalue weighted by molar-refractivity contribution is 7.99. The molecule has 1 amide bonds. The third-order valence-electron chi connectivity index (χ3n) is 5.14. The van der Waals surface area contributed by atoms with E-state index in [4.69, 9.17) is 11.6 Å². The molecule has 8 nitrogen and oxygen atoms in total. The second kappa shape index (κ2) is 11.0. The van der Waals surface area contributed by atoms with Crippen molar-refractivity contribution < 1.29 is 4.79 Å². The third kappa shape index (κ3) is 5.86. The average molecular weight is 495 g/mol. The van der Waals surface area contributed by atoms with Gasteiger partial charge in [0.1, 0.15) is 24.9 Å². The van der Waals surface area contributed by atoms with Gasteiger partial charge in [-0.1, -0.05) is 41.9 Å². The number of halogens is 1. The van der Waals surface area contributed by atoms with Crippen LogP contribution in [0.3, 0.4) is 0 Å². The number of carbonyl (C=O) groups excluding carboxylic acids is 1. The normalized spacial score (nSPS) is 10.8. The fourth-order valence-electron chi connectivity index (χ4n) is 3.36. The van der Waals surface area contributed by atoms with Crippen LogP contribution in [-0.2, 0) is 23.6 Å². The number of amides is 1. The van der Waals surface area contributed by atoms with Gasteiger partial charge in [-0.3, -0.25) is 9.59 Å². The molecule has 0 spiro atoms. The van der Waals surface area contributed by atoms with Crippen molar-refractivity contribution in [2.75, 3.05) is 4.72 Å². The lowest BCUT2D eigenvalue weighted by Crippen LogP contribution is -2.33. The molecule has 4 aromatic rings. The lowest BCUT2D eigenvalue weighted by atomic mass is 10.1. The Morgan fingerprint density at radius 1 is 1.12 bits per heavy atom. The van der Waals surface area contributed by atoms with Gasteiger partial charge in [-0.05, 0) is 60.3 Å². The summed E-state index contributed by atoms with van der Waals surface area (Å²) in [5.41, 5.74) is 3.58. The minimum atomic E-state index is -0.288. The van der Waals surface area contributed by atoms with Crippen LogP contribution in [0, 0.1) is 6.92 Å². The summed E-state index contributed by atoms with van der Waals surface area (Å²) in [6, 6.07) is 18.9. The van der Waals surface area contributed by atoms with Crippen molar-refractivity contribution >= 4 is 35.1 Å². The van der Waals surface area contributed by atoms with Crippen molar-refractivity contribution in [1.82, 2.24) is 24.6 Å². The molecule has 0 saturated carbocycles. The highest BCUT2D eigenvalue weighted by Gasteiger charge is 2.12. The summed E-state index contributed by atoms with van der Waals surface area (Å²) in [5.74, 6) is 0.423. The molecule has 0 fully saturated rings. The molecule has 0 unspecified atom stereocenters. The molecule has 0 aliphatic heterocycles. The Morgan fingerprint density at radius 3 is 2.71 bits per heavy atom. The van der Waals surface area contributed by atoms with Crippen LogP contribution >= 0.6 is 23.5 Å². The van der Waals surface area contributed by atoms with E-state index in [2.05, 4.69) is 20.1 Å². The van der Waals surface area contributed by atoms with E-state index < -0.39 is 0 Å². The van der Waals surface area contributed by atoms with Gasteiger partial charge in [0, 0.05) is 23.0 Å². The van der Waals surface area contributed by atoms with Gasteiger partial charge in [-0.15, -0.1) is 0 Å². The van der Waals surface area contributed by atoms with Crippen molar-refractivity contribution in [1.29, 1.82) is 0 Å². The van der Waals surface area contributed by atoms with Crippen LogP contribution in [0.4, 0.5) is 5.69 Å². The summed E-state index contributed by atoms with van der Waals surface area (Å²) in [6.45, 7) is 1.94. The molecule has 34 heavy (non-hydrogen) atoms. The van der Waals surface area contributed by atoms with E-state index in [1.807, 2.05) is 42.5 Å². The second-order valence-electron chi connectivity index (χ2n) is 7.55. The number of nitrogens with zero attached hydrogens (tertiary/aromatic N) is 4. The smallest absolute Gasteiger partial charge is 0.275 e. The van der Waals surface area contributed by atoms with Crippen LogP contribution in [0.5, 0.6) is 0 Å². The van der Waals surface area contributed by atoms with Crippen LogP contribution < -0.4 is 15.6 Å². The molecule has 0 aliphatic rings. The van der Waals surface area contributed by atoms with Crippen LogP contribution in [0.2, 0.25) is 5.02 Å². The van der Waals surface area contributed by atoms with Gasteiger partial charge < -0.3 is 14.6 Å². The van der Waals surface area contributed by atoms with E-state index in [0.717, 1.165) is 16.8 Å². The van der Waals surface area contributed by atoms with E-state index in [1.165, 1.54) is 22.8 Å². The second-order valence-corrected chi connectivity index (χ2v) is 8.76. The Morgan fingerprint density at radius 2 is 1.94 bits per heavy atom. The number of anilines is 1. The number of hydrogen-bond acceptors (Lipinski definition) is 6. The molecule has 10 heteroatoms. The lowest BCUT2D eigenvalue weighted by Gasteiger charge is -2.14. The third-order valence-corrected chi connectivity index (χ3v) is 6.22. The summed E-state index contributed by atoms with van der Waals surface area (Å²) >= 11 is 7.58. The van der Waals surface area contributed by atoms with Gasteiger partial charge in [0.2, 0.25) is 5.91 Å². The highest BCUT2D eigenvalue weighted by Crippen LogP contribution is 2.19. The highest BCUT2D eigenvalue weighted by atomic mass is 35.5. The van der Waals surface area contributed by atoms with E-state index >= 15 is 0 Å². The van der Waals surface area contributed by atoms with Gasteiger partial charge in [-0.2, -0.15) is 5.10 Å². The molecular formula is C24H23ClN6O2S. The SMILES string of the molecule is Cc1ccc(NSCc2ccccc2)c(=O)n1CC(=O)NCc1cc(Cl)ccc1-n1cncn1. The Labute approximate surface area is 206 Å². The van der Waals surface area contributed by atoms with Crippen molar-refractivity contribution in [2.45, 2.75) is 25.8 Å². The number of aryl methyl sites for hydroxylation is 1. The van der Waals surface area contributed by atoms with Crippen molar-refractivity contribution in [3.05, 3.63) is 106 Å². The van der Waals surface area contributed by atoms with Crippen molar-refractivity contribution in [3.63, 3.8) is 0 Å². The molecule has 174 valence electrons. The Bertz CT molecular complexity index is 1330. The van der Waals surface area contributed by atoms with Crippen molar-refractivity contribution in [2.24, 2.45) is 0 Å². The number of pyridine rings is 1. The predicted octanol–water partition coefficient (Wildman–Crippen LogP) is 3.97. The molecule has 2 aromatic carbocycles. The fraction of sp³-hybridized carbons (Fsp3) is 0.167. The first kappa shape index (κ1) is 23.6. The topological polar surface area (TPSA) is 93.8 Å². The zero-order valence-electron chi connectivity index (χ0n) is 18.4. The zero-order valence-corrected chi connectivity index (χ0v) is 20.0. The van der Waals surface area contributed by atoms with Gasteiger partial charge in [0.25, 0.3) is 5.56 Å². The molecule has 0 aliphatic carbocycles. The van der Waals surface area contributed by atoms with Gasteiger partial charge >= 0.3 is 0 Å². The number of benzene rings is 2. The Hall–Kier alpha value is -3.56. The lowest BCUT2D eigenvalue weighted by molar-refractivity contribution is -0.121. The maximum absolute atomic E-state index is 13.0. The summed E-state index contributed by atoms with van der Waals surface area (Å²) in [4.78, 5) is 29.7. The average Bonchev–Trinajstić information content (AvgIpc) is 3.37. The van der Waals surface area contributed by atoms with Crippen LogP contribution in [0.1, 0.15) is 16.8 Å². The first-order valence-electron chi connectivity index (χ1n) is 10.5. The van der Waals surface area contributed by atoms with Crippen molar-refractivity contribution in [3.8, 4) is 5.69 Å². The minimum Gasteiger partial charge on any atom is -0.350 e. The largest absolute Gasteiger partial charge is 0.350 e. The van der Waals surface area contributed by atoms with Crippen LogP contribution in [0.25, 0.3) is 5.69 Å². The first-order chi connectivity index (χ1) is 16.5. The van der Waals surface area contributed by atoms with Gasteiger partial charge in [0.15, 0.2) is 0 Å². The van der Waals surface area contributed by atoms with Crippen LogP contribution in [0.15, 0.2) is 78.1 Å². The molecule has 0 saturated heterocycles. The maximum Gasteiger partial charge on any atom is 0.275 e. The monoisotopic (exact) mass is 494 g/mol. The zero-order chi connectivity index (χ0) is 23.9.